The second kappa shape index (κ2) is 7.05. The van der Waals surface area contributed by atoms with Gasteiger partial charge < -0.3 is 4.18 Å². The predicted molar refractivity (Wildman–Crippen MR) is 103 cm³/mol. The summed E-state index contributed by atoms with van der Waals surface area (Å²) in [5.41, 5.74) is 0.345. The molecule has 1 saturated heterocycles. The Kier molecular flexibility index (Phi) is 4.71. The first-order valence-electron chi connectivity index (χ1n) is 9.34. The van der Waals surface area contributed by atoms with E-state index < -0.39 is 10.1 Å². The van der Waals surface area contributed by atoms with Crippen molar-refractivity contribution in [3.05, 3.63) is 54.6 Å². The number of rotatable bonds is 4. The van der Waals surface area contributed by atoms with Gasteiger partial charge >= 0.3 is 10.1 Å². The minimum atomic E-state index is -4.00. The Morgan fingerprint density at radius 3 is 2.39 bits per heavy atom. The molecule has 2 aromatic carbocycles. The van der Waals surface area contributed by atoms with E-state index >= 15 is 0 Å². The van der Waals surface area contributed by atoms with E-state index in [1.54, 1.807) is 30.3 Å². The van der Waals surface area contributed by atoms with Crippen LogP contribution in [0.1, 0.15) is 26.2 Å². The first-order valence-corrected chi connectivity index (χ1v) is 10.7. The molecule has 1 aliphatic carbocycles. The van der Waals surface area contributed by atoms with Crippen LogP contribution in [-0.4, -0.2) is 20.2 Å². The topological polar surface area (TPSA) is 80.8 Å². The lowest BCUT2D eigenvalue weighted by molar-refractivity contribution is -0.122. The van der Waals surface area contributed by atoms with E-state index in [1.165, 1.54) is 29.2 Å². The van der Waals surface area contributed by atoms with Crippen LogP contribution in [-0.2, 0) is 19.7 Å². The fourth-order valence-corrected chi connectivity index (χ4v) is 5.02. The molecular formula is C21H21NO5S. The Hall–Kier alpha value is -2.67. The molecule has 2 aromatic rings. The number of carbonyl (C=O) groups is 2. The lowest BCUT2D eigenvalue weighted by Gasteiger charge is -2.25. The smallest absolute Gasteiger partial charge is 0.339 e. The summed E-state index contributed by atoms with van der Waals surface area (Å²) in [4.78, 5) is 26.9. The Balaban J connectivity index is 1.61. The van der Waals surface area contributed by atoms with Crippen LogP contribution < -0.4 is 9.08 Å². The first kappa shape index (κ1) is 18.7. The van der Waals surface area contributed by atoms with Crippen molar-refractivity contribution in [3.8, 4) is 5.75 Å². The van der Waals surface area contributed by atoms with E-state index in [9.17, 15) is 18.0 Å². The second-order valence-corrected chi connectivity index (χ2v) is 9.04. The summed E-state index contributed by atoms with van der Waals surface area (Å²) in [7, 11) is -4.00. The lowest BCUT2D eigenvalue weighted by atomic mass is 9.76. The van der Waals surface area contributed by atoms with Crippen LogP contribution in [0.5, 0.6) is 5.75 Å². The highest BCUT2D eigenvalue weighted by molar-refractivity contribution is 7.87. The molecule has 3 atom stereocenters. The number of nitrogens with zero attached hydrogens (tertiary/aromatic N) is 1. The largest absolute Gasteiger partial charge is 0.379 e. The van der Waals surface area contributed by atoms with E-state index in [-0.39, 0.29) is 34.3 Å². The van der Waals surface area contributed by atoms with Crippen molar-refractivity contribution in [2.24, 2.45) is 17.8 Å². The number of anilines is 1. The van der Waals surface area contributed by atoms with Crippen LogP contribution in [0, 0.1) is 17.8 Å². The molecule has 1 heterocycles. The summed E-state index contributed by atoms with van der Waals surface area (Å²) in [6.07, 6.45) is 2.36. The van der Waals surface area contributed by atoms with Crippen LogP contribution in [0.25, 0.3) is 0 Å². The van der Waals surface area contributed by atoms with Gasteiger partial charge in [0.2, 0.25) is 11.8 Å². The highest BCUT2D eigenvalue weighted by atomic mass is 32.2. The monoisotopic (exact) mass is 399 g/mol. The average molecular weight is 399 g/mol. The molecule has 2 aliphatic rings. The normalized spacial score (nSPS) is 24.9. The van der Waals surface area contributed by atoms with Crippen molar-refractivity contribution >= 4 is 27.6 Å². The summed E-state index contributed by atoms with van der Waals surface area (Å²) in [6.45, 7) is 2.10. The number of hydrogen-bond donors (Lipinski definition) is 0. The van der Waals surface area contributed by atoms with Gasteiger partial charge in [-0.05, 0) is 49.4 Å². The third kappa shape index (κ3) is 3.30. The van der Waals surface area contributed by atoms with Crippen molar-refractivity contribution in [1.29, 1.82) is 0 Å². The fourth-order valence-electron chi connectivity index (χ4n) is 4.08. The van der Waals surface area contributed by atoms with Gasteiger partial charge in [-0.3, -0.25) is 9.59 Å². The van der Waals surface area contributed by atoms with E-state index in [2.05, 4.69) is 6.92 Å². The Labute approximate surface area is 164 Å². The van der Waals surface area contributed by atoms with Gasteiger partial charge in [0.1, 0.15) is 10.6 Å². The number of fused-ring (bicyclic) bond motifs is 1. The number of imide groups is 1. The zero-order valence-electron chi connectivity index (χ0n) is 15.4. The van der Waals surface area contributed by atoms with Gasteiger partial charge in [-0.15, -0.1) is 0 Å². The van der Waals surface area contributed by atoms with Crippen molar-refractivity contribution in [2.75, 3.05) is 4.90 Å². The van der Waals surface area contributed by atoms with Crippen LogP contribution in [0.4, 0.5) is 5.69 Å². The van der Waals surface area contributed by atoms with Gasteiger partial charge in [0.05, 0.1) is 17.5 Å². The van der Waals surface area contributed by atoms with Gasteiger partial charge in [0, 0.05) is 6.07 Å². The van der Waals surface area contributed by atoms with E-state index in [4.69, 9.17) is 4.18 Å². The maximum atomic E-state index is 12.9. The molecule has 0 N–H and O–H groups in total. The molecular weight excluding hydrogens is 378 g/mol. The van der Waals surface area contributed by atoms with E-state index in [0.29, 0.717) is 24.4 Å². The predicted octanol–water partition coefficient (Wildman–Crippen LogP) is 3.38. The molecule has 0 bridgehead atoms. The Bertz CT molecular complexity index is 1020. The average Bonchev–Trinajstić information content (AvgIpc) is 2.92. The van der Waals surface area contributed by atoms with E-state index in [1.807, 2.05) is 0 Å². The fraction of sp³-hybridized carbons (Fsp3) is 0.333. The minimum Gasteiger partial charge on any atom is -0.379 e. The zero-order valence-corrected chi connectivity index (χ0v) is 16.3. The molecule has 0 aromatic heterocycles. The number of amides is 2. The molecule has 0 radical (unpaired) electrons. The molecule has 1 saturated carbocycles. The molecule has 7 heteroatoms. The quantitative estimate of drug-likeness (QED) is 0.582. The van der Waals surface area contributed by atoms with Crippen LogP contribution in [0.3, 0.4) is 0 Å². The van der Waals surface area contributed by atoms with Crippen molar-refractivity contribution in [3.63, 3.8) is 0 Å². The molecule has 2 fully saturated rings. The summed E-state index contributed by atoms with van der Waals surface area (Å²) in [5.74, 6) is -0.487. The van der Waals surface area contributed by atoms with Gasteiger partial charge in [0.25, 0.3) is 0 Å². The Morgan fingerprint density at radius 1 is 0.929 bits per heavy atom. The van der Waals surface area contributed by atoms with Gasteiger partial charge in [-0.2, -0.15) is 8.42 Å². The molecule has 0 spiro atoms. The molecule has 4 rings (SSSR count). The van der Waals surface area contributed by atoms with Gasteiger partial charge in [-0.1, -0.05) is 31.2 Å². The van der Waals surface area contributed by atoms with Crippen molar-refractivity contribution < 1.29 is 22.2 Å². The summed E-state index contributed by atoms with van der Waals surface area (Å²) < 4.78 is 30.1. The van der Waals surface area contributed by atoms with Crippen LogP contribution >= 0.6 is 0 Å². The van der Waals surface area contributed by atoms with Crippen molar-refractivity contribution in [2.45, 2.75) is 31.1 Å². The van der Waals surface area contributed by atoms with E-state index in [0.717, 1.165) is 6.42 Å². The molecule has 146 valence electrons. The third-order valence-electron chi connectivity index (χ3n) is 5.50. The van der Waals surface area contributed by atoms with Crippen LogP contribution in [0.15, 0.2) is 59.5 Å². The molecule has 2 amide bonds. The molecule has 28 heavy (non-hydrogen) atoms. The maximum absolute atomic E-state index is 12.9. The standard InChI is InChI=1S/C21H21NO5S/c1-14-10-11-18-19(12-14)21(24)22(20(18)23)15-6-5-7-16(13-15)27-28(25,26)17-8-3-2-4-9-17/h2-9,13-14,18-19H,10-12H2,1H3/t14-,18-,19+/m0/s1. The number of benzene rings is 2. The molecule has 0 unspecified atom stereocenters. The first-order chi connectivity index (χ1) is 13.4. The summed E-state index contributed by atoms with van der Waals surface area (Å²) >= 11 is 0. The molecule has 6 nitrogen and oxygen atoms in total. The summed E-state index contributed by atoms with van der Waals surface area (Å²) in [5, 5.41) is 0. The third-order valence-corrected chi connectivity index (χ3v) is 6.76. The van der Waals surface area contributed by atoms with Gasteiger partial charge in [-0.25, -0.2) is 4.90 Å². The minimum absolute atomic E-state index is 0.0359. The lowest BCUT2D eigenvalue weighted by Crippen LogP contribution is -2.30. The second-order valence-electron chi connectivity index (χ2n) is 7.49. The number of carbonyl (C=O) groups excluding carboxylic acids is 2. The van der Waals surface area contributed by atoms with Gasteiger partial charge in [0.15, 0.2) is 0 Å². The summed E-state index contributed by atoms with van der Waals surface area (Å²) in [6, 6.07) is 13.9. The molecule has 1 aliphatic heterocycles. The van der Waals surface area contributed by atoms with Crippen LogP contribution in [0.2, 0.25) is 0 Å². The highest BCUT2D eigenvalue weighted by Gasteiger charge is 2.50. The van der Waals surface area contributed by atoms with Crippen molar-refractivity contribution in [1.82, 2.24) is 0 Å². The highest BCUT2D eigenvalue weighted by Crippen LogP contribution is 2.42. The Morgan fingerprint density at radius 2 is 1.64 bits per heavy atom. The maximum Gasteiger partial charge on any atom is 0.339 e. The zero-order chi connectivity index (χ0) is 19.9. The number of hydrogen-bond acceptors (Lipinski definition) is 5. The SMILES string of the molecule is C[C@H]1CC[C@@H]2C(=O)N(c3cccc(OS(=O)(=O)c4ccccc4)c3)C(=O)[C@@H]2C1.